The minimum atomic E-state index is -0.424. The molecular formula is C24H21BN2O4. The highest BCUT2D eigenvalue weighted by Crippen LogP contribution is 2.38. The molecule has 0 amide bonds. The fourth-order valence-electron chi connectivity index (χ4n) is 3.96. The lowest BCUT2D eigenvalue weighted by Gasteiger charge is -2.32. The van der Waals surface area contributed by atoms with Gasteiger partial charge in [-0.05, 0) is 57.4 Å². The summed E-state index contributed by atoms with van der Waals surface area (Å²) in [5.41, 5.74) is 4.11. The third-order valence-electron chi connectivity index (χ3n) is 6.46. The predicted octanol–water partition coefficient (Wildman–Crippen LogP) is 5.09. The van der Waals surface area contributed by atoms with Gasteiger partial charge in [-0.2, -0.15) is 0 Å². The molecule has 0 aliphatic carbocycles. The van der Waals surface area contributed by atoms with E-state index in [9.17, 15) is 0 Å². The van der Waals surface area contributed by atoms with Crippen molar-refractivity contribution < 1.29 is 18.1 Å². The molecule has 1 saturated heterocycles. The zero-order chi connectivity index (χ0) is 21.4. The number of benzene rings is 2. The van der Waals surface area contributed by atoms with Crippen molar-refractivity contribution in [1.82, 2.24) is 9.97 Å². The Hall–Kier alpha value is -3.16. The van der Waals surface area contributed by atoms with Crippen molar-refractivity contribution in [3.05, 3.63) is 54.9 Å². The summed E-state index contributed by atoms with van der Waals surface area (Å²) in [5.74, 6) is 0.562. The van der Waals surface area contributed by atoms with E-state index in [-0.39, 0.29) is 11.2 Å². The number of hydrogen-bond acceptors (Lipinski definition) is 6. The zero-order valence-electron chi connectivity index (χ0n) is 17.8. The molecule has 7 heteroatoms. The molecule has 1 fully saturated rings. The zero-order valence-corrected chi connectivity index (χ0v) is 17.8. The highest BCUT2D eigenvalue weighted by molar-refractivity contribution is 6.62. The van der Waals surface area contributed by atoms with Gasteiger partial charge in [0.2, 0.25) is 5.89 Å². The van der Waals surface area contributed by atoms with Crippen LogP contribution in [0.4, 0.5) is 0 Å². The Morgan fingerprint density at radius 2 is 1.45 bits per heavy atom. The van der Waals surface area contributed by atoms with Crippen LogP contribution in [0.25, 0.3) is 44.5 Å². The van der Waals surface area contributed by atoms with E-state index in [4.69, 9.17) is 18.1 Å². The van der Waals surface area contributed by atoms with Crippen molar-refractivity contribution in [3.8, 4) is 11.5 Å². The molecule has 31 heavy (non-hydrogen) atoms. The summed E-state index contributed by atoms with van der Waals surface area (Å²) in [7, 11) is -0.424. The van der Waals surface area contributed by atoms with Crippen LogP contribution >= 0.6 is 0 Å². The minimum absolute atomic E-state index is 0.388. The van der Waals surface area contributed by atoms with Crippen LogP contribution in [0.15, 0.2) is 63.7 Å². The molecule has 1 aliphatic rings. The molecule has 2 aromatic carbocycles. The highest BCUT2D eigenvalue weighted by Gasteiger charge is 2.51. The van der Waals surface area contributed by atoms with E-state index in [1.807, 2.05) is 36.4 Å². The molecule has 0 bridgehead atoms. The SMILES string of the molecule is CC1(C)OB(c2ccc3oc4cc5nc(-c6ccncc6)oc5cc4c3c2)OC1(C)C. The third-order valence-corrected chi connectivity index (χ3v) is 6.46. The van der Waals surface area contributed by atoms with E-state index in [1.54, 1.807) is 12.4 Å². The van der Waals surface area contributed by atoms with E-state index in [2.05, 4.69) is 43.7 Å². The van der Waals surface area contributed by atoms with Gasteiger partial charge < -0.3 is 18.1 Å². The van der Waals surface area contributed by atoms with Crippen LogP contribution in [0.1, 0.15) is 27.7 Å². The van der Waals surface area contributed by atoms with Crippen LogP contribution in [-0.4, -0.2) is 28.3 Å². The van der Waals surface area contributed by atoms with E-state index in [0.29, 0.717) is 11.5 Å². The molecule has 6 rings (SSSR count). The summed E-state index contributed by atoms with van der Waals surface area (Å²) in [5, 5.41) is 1.96. The van der Waals surface area contributed by atoms with Gasteiger partial charge in [-0.1, -0.05) is 12.1 Å². The van der Waals surface area contributed by atoms with Gasteiger partial charge in [-0.3, -0.25) is 4.98 Å². The molecule has 0 saturated carbocycles. The van der Waals surface area contributed by atoms with Gasteiger partial charge in [0.25, 0.3) is 0 Å². The van der Waals surface area contributed by atoms with Crippen LogP contribution in [0.5, 0.6) is 0 Å². The van der Waals surface area contributed by atoms with E-state index < -0.39 is 7.12 Å². The van der Waals surface area contributed by atoms with Gasteiger partial charge in [-0.15, -0.1) is 0 Å². The first-order chi connectivity index (χ1) is 14.8. The fraction of sp³-hybridized carbons (Fsp3) is 0.250. The molecule has 1 aliphatic heterocycles. The Labute approximate surface area is 179 Å². The van der Waals surface area contributed by atoms with Crippen LogP contribution < -0.4 is 5.46 Å². The first-order valence-electron chi connectivity index (χ1n) is 10.3. The highest BCUT2D eigenvalue weighted by atomic mass is 16.7. The monoisotopic (exact) mass is 412 g/mol. The summed E-state index contributed by atoms with van der Waals surface area (Å²) in [6.07, 6.45) is 3.45. The maximum Gasteiger partial charge on any atom is 0.494 e. The number of pyridine rings is 1. The van der Waals surface area contributed by atoms with Crippen molar-refractivity contribution in [1.29, 1.82) is 0 Å². The van der Waals surface area contributed by atoms with Crippen molar-refractivity contribution in [3.63, 3.8) is 0 Å². The number of oxazole rings is 1. The number of nitrogens with zero attached hydrogens (tertiary/aromatic N) is 2. The van der Waals surface area contributed by atoms with Gasteiger partial charge >= 0.3 is 7.12 Å². The van der Waals surface area contributed by atoms with Crippen molar-refractivity contribution in [2.75, 3.05) is 0 Å². The Morgan fingerprint density at radius 3 is 2.19 bits per heavy atom. The van der Waals surface area contributed by atoms with E-state index in [1.165, 1.54) is 0 Å². The first kappa shape index (κ1) is 18.6. The average molecular weight is 412 g/mol. The Kier molecular flexibility index (Phi) is 3.71. The van der Waals surface area contributed by atoms with Crippen LogP contribution in [0, 0.1) is 0 Å². The number of aromatic nitrogens is 2. The minimum Gasteiger partial charge on any atom is -0.456 e. The second kappa shape index (κ2) is 6.18. The molecule has 4 heterocycles. The second-order valence-corrected chi connectivity index (χ2v) is 9.02. The van der Waals surface area contributed by atoms with Gasteiger partial charge in [-0.25, -0.2) is 4.98 Å². The number of rotatable bonds is 2. The van der Waals surface area contributed by atoms with Gasteiger partial charge in [0.05, 0.1) is 11.2 Å². The third kappa shape index (κ3) is 2.81. The van der Waals surface area contributed by atoms with Crippen LogP contribution in [0.2, 0.25) is 0 Å². The summed E-state index contributed by atoms with van der Waals surface area (Å²) in [6.45, 7) is 8.22. The molecule has 0 atom stereocenters. The molecule has 6 nitrogen and oxygen atoms in total. The van der Waals surface area contributed by atoms with Crippen LogP contribution in [-0.2, 0) is 9.31 Å². The predicted molar refractivity (Wildman–Crippen MR) is 120 cm³/mol. The van der Waals surface area contributed by atoms with Gasteiger partial charge in [0, 0.05) is 34.8 Å². The lowest BCUT2D eigenvalue weighted by molar-refractivity contribution is 0.00578. The molecule has 5 aromatic rings. The van der Waals surface area contributed by atoms with Gasteiger partial charge in [0.1, 0.15) is 16.7 Å². The number of fused-ring (bicyclic) bond motifs is 4. The maximum absolute atomic E-state index is 6.22. The molecule has 154 valence electrons. The quantitative estimate of drug-likeness (QED) is 0.376. The Morgan fingerprint density at radius 1 is 0.742 bits per heavy atom. The fourth-order valence-corrected chi connectivity index (χ4v) is 3.96. The molecular weight excluding hydrogens is 391 g/mol. The topological polar surface area (TPSA) is 70.5 Å². The van der Waals surface area contributed by atoms with E-state index in [0.717, 1.165) is 38.5 Å². The second-order valence-electron chi connectivity index (χ2n) is 9.02. The molecule has 0 spiro atoms. The summed E-state index contributed by atoms with van der Waals surface area (Å²) < 4.78 is 24.6. The molecule has 3 aromatic heterocycles. The van der Waals surface area contributed by atoms with Crippen molar-refractivity contribution >= 4 is 45.6 Å². The molecule has 0 unspecified atom stereocenters. The lowest BCUT2D eigenvalue weighted by Crippen LogP contribution is -2.41. The summed E-state index contributed by atoms with van der Waals surface area (Å²) in [4.78, 5) is 8.67. The largest absolute Gasteiger partial charge is 0.494 e. The first-order valence-corrected chi connectivity index (χ1v) is 10.3. The lowest BCUT2D eigenvalue weighted by atomic mass is 9.78. The number of hydrogen-bond donors (Lipinski definition) is 0. The summed E-state index contributed by atoms with van der Waals surface area (Å²) >= 11 is 0. The van der Waals surface area contributed by atoms with Crippen molar-refractivity contribution in [2.24, 2.45) is 0 Å². The Balaban J connectivity index is 1.47. The normalized spacial score (nSPS) is 17.9. The standard InChI is InChI=1S/C24H21BN2O4/c1-23(2)24(3,4)31-25(30-23)15-5-6-19-16(11-15)17-12-21-18(13-20(17)28-19)27-22(29-21)14-7-9-26-10-8-14/h5-13H,1-4H3. The molecule has 0 radical (unpaired) electrons. The summed E-state index contributed by atoms with van der Waals surface area (Å²) in [6, 6.07) is 13.7. The average Bonchev–Trinajstić information content (AvgIpc) is 3.37. The number of furan rings is 1. The maximum atomic E-state index is 6.22. The molecule has 0 N–H and O–H groups in total. The smallest absolute Gasteiger partial charge is 0.456 e. The van der Waals surface area contributed by atoms with Crippen molar-refractivity contribution in [2.45, 2.75) is 38.9 Å². The van der Waals surface area contributed by atoms with E-state index >= 15 is 0 Å². The van der Waals surface area contributed by atoms with Gasteiger partial charge in [0.15, 0.2) is 5.58 Å². The Bertz CT molecular complexity index is 1440. The van der Waals surface area contributed by atoms with Crippen LogP contribution in [0.3, 0.4) is 0 Å².